The number of sulfonamides is 1. The maximum atomic E-state index is 12.9. The number of carbonyl (C=O) groups is 1. The number of rotatable bonds is 5. The Kier molecular flexibility index (Phi) is 5.58. The maximum absolute atomic E-state index is 12.9. The summed E-state index contributed by atoms with van der Waals surface area (Å²) in [6.07, 6.45) is 0. The van der Waals surface area contributed by atoms with E-state index in [0.29, 0.717) is 5.69 Å². The highest BCUT2D eigenvalue weighted by Crippen LogP contribution is 2.22. The van der Waals surface area contributed by atoms with Gasteiger partial charge in [0.25, 0.3) is 5.91 Å². The topological polar surface area (TPSA) is 75.3 Å². The molecule has 128 valence electrons. The minimum absolute atomic E-state index is 0.00706. The summed E-state index contributed by atoms with van der Waals surface area (Å²) in [6, 6.07) is 8.76. The van der Waals surface area contributed by atoms with Crippen molar-refractivity contribution >= 4 is 33.2 Å². The lowest BCUT2D eigenvalue weighted by Crippen LogP contribution is -2.30. The lowest BCUT2D eigenvalue weighted by molar-refractivity contribution is 0.102. The first kappa shape index (κ1) is 18.4. The molecule has 0 spiro atoms. The zero-order chi connectivity index (χ0) is 17.9. The maximum Gasteiger partial charge on any atom is 0.257 e. The summed E-state index contributed by atoms with van der Waals surface area (Å²) < 4.78 is 39.7. The molecule has 2 N–H and O–H groups in total. The van der Waals surface area contributed by atoms with E-state index in [1.807, 2.05) is 0 Å². The monoisotopic (exact) mass is 370 g/mol. The van der Waals surface area contributed by atoms with Crippen LogP contribution in [-0.4, -0.2) is 20.4 Å². The van der Waals surface area contributed by atoms with Crippen molar-refractivity contribution in [3.05, 3.63) is 58.9 Å². The zero-order valence-corrected chi connectivity index (χ0v) is 14.6. The van der Waals surface area contributed by atoms with Crippen LogP contribution >= 0.6 is 11.6 Å². The molecular weight excluding hydrogens is 355 g/mol. The number of hydrogen-bond donors (Lipinski definition) is 2. The van der Waals surface area contributed by atoms with Gasteiger partial charge in [-0.25, -0.2) is 17.5 Å². The van der Waals surface area contributed by atoms with Gasteiger partial charge in [-0.05, 0) is 56.3 Å². The minimum Gasteiger partial charge on any atom is -0.322 e. The normalized spacial score (nSPS) is 11.5. The molecule has 2 aromatic carbocycles. The van der Waals surface area contributed by atoms with E-state index in [4.69, 9.17) is 11.6 Å². The number of anilines is 1. The van der Waals surface area contributed by atoms with Crippen molar-refractivity contribution in [1.29, 1.82) is 0 Å². The van der Waals surface area contributed by atoms with Crippen LogP contribution in [0.2, 0.25) is 5.02 Å². The molecule has 0 saturated carbocycles. The third-order valence-electron chi connectivity index (χ3n) is 2.99. The summed E-state index contributed by atoms with van der Waals surface area (Å²) in [5.41, 5.74) is 0.374. The summed E-state index contributed by atoms with van der Waals surface area (Å²) >= 11 is 6.00. The molecule has 5 nitrogen and oxygen atoms in total. The molecule has 2 rings (SSSR count). The Morgan fingerprint density at radius 1 is 1.12 bits per heavy atom. The van der Waals surface area contributed by atoms with E-state index in [9.17, 15) is 17.6 Å². The second kappa shape index (κ2) is 7.29. The van der Waals surface area contributed by atoms with Gasteiger partial charge in [-0.1, -0.05) is 11.6 Å². The van der Waals surface area contributed by atoms with Crippen molar-refractivity contribution in [1.82, 2.24) is 4.72 Å². The van der Waals surface area contributed by atoms with E-state index < -0.39 is 21.7 Å². The van der Waals surface area contributed by atoms with E-state index in [-0.39, 0.29) is 21.5 Å². The van der Waals surface area contributed by atoms with E-state index in [0.717, 1.165) is 0 Å². The average molecular weight is 371 g/mol. The SMILES string of the molecule is CC(C)NS(=O)(=O)c1ccc(Cl)c(C(=O)Nc2ccc(F)cc2)c1. The fourth-order valence-corrected chi connectivity index (χ4v) is 3.44. The van der Waals surface area contributed by atoms with Crippen LogP contribution in [-0.2, 0) is 10.0 Å². The van der Waals surface area contributed by atoms with Crippen LogP contribution in [0, 0.1) is 5.82 Å². The largest absolute Gasteiger partial charge is 0.322 e. The molecule has 0 fully saturated rings. The molecule has 0 saturated heterocycles. The molecule has 0 aromatic heterocycles. The average Bonchev–Trinajstić information content (AvgIpc) is 2.48. The number of benzene rings is 2. The van der Waals surface area contributed by atoms with Gasteiger partial charge in [-0.3, -0.25) is 4.79 Å². The molecular formula is C16H16ClFN2O3S. The summed E-state index contributed by atoms with van der Waals surface area (Å²) in [5, 5.41) is 2.65. The van der Waals surface area contributed by atoms with Gasteiger partial charge in [-0.2, -0.15) is 0 Å². The van der Waals surface area contributed by atoms with Crippen LogP contribution in [0.1, 0.15) is 24.2 Å². The molecule has 0 aliphatic carbocycles. The van der Waals surface area contributed by atoms with Crippen LogP contribution in [0.3, 0.4) is 0 Å². The first-order chi connectivity index (χ1) is 11.2. The quantitative estimate of drug-likeness (QED) is 0.846. The predicted octanol–water partition coefficient (Wildman–Crippen LogP) is 3.42. The number of hydrogen-bond acceptors (Lipinski definition) is 3. The van der Waals surface area contributed by atoms with Crippen molar-refractivity contribution in [2.45, 2.75) is 24.8 Å². The summed E-state index contributed by atoms with van der Waals surface area (Å²) in [4.78, 5) is 12.3. The number of nitrogens with one attached hydrogen (secondary N) is 2. The molecule has 24 heavy (non-hydrogen) atoms. The molecule has 0 radical (unpaired) electrons. The Labute approximate surface area is 144 Å². The lowest BCUT2D eigenvalue weighted by atomic mass is 10.2. The van der Waals surface area contributed by atoms with Gasteiger partial charge >= 0.3 is 0 Å². The van der Waals surface area contributed by atoms with Gasteiger partial charge in [0.05, 0.1) is 15.5 Å². The molecule has 2 aromatic rings. The van der Waals surface area contributed by atoms with Gasteiger partial charge in [0.1, 0.15) is 5.82 Å². The van der Waals surface area contributed by atoms with E-state index in [1.165, 1.54) is 42.5 Å². The first-order valence-electron chi connectivity index (χ1n) is 7.08. The second-order valence-electron chi connectivity index (χ2n) is 5.38. The van der Waals surface area contributed by atoms with Crippen molar-refractivity contribution in [3.8, 4) is 0 Å². The number of carbonyl (C=O) groups excluding carboxylic acids is 1. The van der Waals surface area contributed by atoms with Crippen LogP contribution in [0.25, 0.3) is 0 Å². The number of halogens is 2. The van der Waals surface area contributed by atoms with Crippen molar-refractivity contribution in [2.24, 2.45) is 0 Å². The number of amides is 1. The molecule has 1 amide bonds. The molecule has 0 aliphatic rings. The van der Waals surface area contributed by atoms with E-state index >= 15 is 0 Å². The first-order valence-corrected chi connectivity index (χ1v) is 8.94. The van der Waals surface area contributed by atoms with Crippen LogP contribution in [0.5, 0.6) is 0 Å². The molecule has 0 atom stereocenters. The van der Waals surface area contributed by atoms with E-state index in [1.54, 1.807) is 13.8 Å². The van der Waals surface area contributed by atoms with Crippen LogP contribution in [0.4, 0.5) is 10.1 Å². The van der Waals surface area contributed by atoms with Crippen molar-refractivity contribution < 1.29 is 17.6 Å². The van der Waals surface area contributed by atoms with Crippen LogP contribution < -0.4 is 10.0 Å². The highest BCUT2D eigenvalue weighted by atomic mass is 35.5. The van der Waals surface area contributed by atoms with Crippen molar-refractivity contribution in [2.75, 3.05) is 5.32 Å². The Bertz CT molecular complexity index is 852. The Morgan fingerprint density at radius 3 is 2.33 bits per heavy atom. The fourth-order valence-electron chi connectivity index (χ4n) is 1.96. The standard InChI is InChI=1S/C16H16ClFN2O3S/c1-10(2)20-24(22,23)13-7-8-15(17)14(9-13)16(21)19-12-5-3-11(18)4-6-12/h3-10,20H,1-2H3,(H,19,21). The highest BCUT2D eigenvalue weighted by Gasteiger charge is 2.19. The Morgan fingerprint density at radius 2 is 1.75 bits per heavy atom. The third-order valence-corrected chi connectivity index (χ3v) is 4.97. The summed E-state index contributed by atoms with van der Waals surface area (Å²) in [5.74, 6) is -1.02. The van der Waals surface area contributed by atoms with Gasteiger partial charge in [0.15, 0.2) is 0 Å². The highest BCUT2D eigenvalue weighted by molar-refractivity contribution is 7.89. The summed E-state index contributed by atoms with van der Waals surface area (Å²) in [6.45, 7) is 3.38. The van der Waals surface area contributed by atoms with Gasteiger partial charge in [-0.15, -0.1) is 0 Å². The molecule has 0 aliphatic heterocycles. The minimum atomic E-state index is -3.75. The molecule has 0 unspecified atom stereocenters. The fraction of sp³-hybridized carbons (Fsp3) is 0.188. The van der Waals surface area contributed by atoms with Gasteiger partial charge in [0, 0.05) is 11.7 Å². The van der Waals surface area contributed by atoms with Crippen molar-refractivity contribution in [3.63, 3.8) is 0 Å². The molecule has 8 heteroatoms. The summed E-state index contributed by atoms with van der Waals surface area (Å²) in [7, 11) is -3.75. The third kappa shape index (κ3) is 4.53. The zero-order valence-electron chi connectivity index (χ0n) is 13.0. The Hall–Kier alpha value is -1.96. The van der Waals surface area contributed by atoms with E-state index in [2.05, 4.69) is 10.0 Å². The lowest BCUT2D eigenvalue weighted by Gasteiger charge is -2.12. The predicted molar refractivity (Wildman–Crippen MR) is 91.3 cm³/mol. The Balaban J connectivity index is 2.31. The smallest absolute Gasteiger partial charge is 0.257 e. The molecule has 0 bridgehead atoms. The van der Waals surface area contributed by atoms with Gasteiger partial charge in [0.2, 0.25) is 10.0 Å². The molecule has 0 heterocycles. The van der Waals surface area contributed by atoms with Crippen LogP contribution in [0.15, 0.2) is 47.4 Å². The van der Waals surface area contributed by atoms with Gasteiger partial charge < -0.3 is 5.32 Å². The second-order valence-corrected chi connectivity index (χ2v) is 7.50.